The van der Waals surface area contributed by atoms with Gasteiger partial charge in [-0.25, -0.2) is 4.79 Å². The number of hydrogen-bond acceptors (Lipinski definition) is 3. The van der Waals surface area contributed by atoms with Crippen molar-refractivity contribution in [3.8, 4) is 5.75 Å². The third-order valence-corrected chi connectivity index (χ3v) is 2.43. The lowest BCUT2D eigenvalue weighted by Gasteiger charge is -2.22. The van der Waals surface area contributed by atoms with Gasteiger partial charge < -0.3 is 9.84 Å². The van der Waals surface area contributed by atoms with Crippen LogP contribution in [0.4, 0.5) is 13.2 Å². The average Bonchev–Trinajstić information content (AvgIpc) is 2.41. The van der Waals surface area contributed by atoms with Gasteiger partial charge in [0.2, 0.25) is 0 Å². The lowest BCUT2D eigenvalue weighted by atomic mass is 9.93. The van der Waals surface area contributed by atoms with Crippen molar-refractivity contribution in [3.63, 3.8) is 0 Å². The predicted molar refractivity (Wildman–Crippen MR) is 46.8 cm³/mol. The van der Waals surface area contributed by atoms with Crippen molar-refractivity contribution in [1.29, 1.82) is 0 Å². The van der Waals surface area contributed by atoms with Crippen LogP contribution in [0.3, 0.4) is 0 Å². The molecule has 0 amide bonds. The second-order valence-electron chi connectivity index (χ2n) is 3.60. The van der Waals surface area contributed by atoms with Crippen molar-refractivity contribution in [2.24, 2.45) is 0 Å². The number of halogens is 3. The zero-order valence-electron chi connectivity index (χ0n) is 8.13. The Morgan fingerprint density at radius 3 is 2.56 bits per heavy atom. The second kappa shape index (κ2) is 2.98. The highest BCUT2D eigenvalue weighted by atomic mass is 19.4. The molecule has 1 N–H and O–H groups in total. The molecule has 86 valence electrons. The quantitative estimate of drug-likeness (QED) is 0.546. The van der Waals surface area contributed by atoms with Crippen LogP contribution in [-0.4, -0.2) is 17.3 Å². The summed E-state index contributed by atoms with van der Waals surface area (Å²) >= 11 is 0. The molecule has 0 bridgehead atoms. The number of carbonyl (C=O) groups excluding carboxylic acids is 1. The number of ether oxygens (including phenoxy) is 1. The molecule has 0 radical (unpaired) electrons. The van der Waals surface area contributed by atoms with E-state index in [1.807, 2.05) is 0 Å². The lowest BCUT2D eigenvalue weighted by Crippen LogP contribution is -2.47. The normalized spacial score (nSPS) is 24.2. The number of rotatable bonds is 0. The monoisotopic (exact) mass is 232 g/mol. The Morgan fingerprint density at radius 2 is 2.00 bits per heavy atom. The van der Waals surface area contributed by atoms with Crippen LogP contribution in [0, 0.1) is 6.92 Å². The SMILES string of the molecule is Cc1ccc2c(c1)[C@](O)(C(F)(F)F)C(=O)O2. The van der Waals surface area contributed by atoms with Crippen molar-refractivity contribution in [1.82, 2.24) is 0 Å². The zero-order valence-corrected chi connectivity index (χ0v) is 8.13. The molecule has 16 heavy (non-hydrogen) atoms. The zero-order chi connectivity index (χ0) is 12.1. The van der Waals surface area contributed by atoms with Crippen LogP contribution >= 0.6 is 0 Å². The van der Waals surface area contributed by atoms with E-state index >= 15 is 0 Å². The number of hydrogen-bond donors (Lipinski definition) is 1. The highest BCUT2D eigenvalue weighted by Crippen LogP contribution is 2.48. The van der Waals surface area contributed by atoms with E-state index in [0.29, 0.717) is 5.56 Å². The van der Waals surface area contributed by atoms with Gasteiger partial charge in [-0.1, -0.05) is 11.6 Å². The molecule has 1 aromatic rings. The number of fused-ring (bicyclic) bond motifs is 1. The van der Waals surface area contributed by atoms with Crippen molar-refractivity contribution in [2.45, 2.75) is 18.7 Å². The maximum atomic E-state index is 12.7. The Kier molecular flexibility index (Phi) is 2.03. The fourth-order valence-electron chi connectivity index (χ4n) is 1.57. The highest BCUT2D eigenvalue weighted by Gasteiger charge is 2.66. The Morgan fingerprint density at radius 1 is 1.38 bits per heavy atom. The summed E-state index contributed by atoms with van der Waals surface area (Å²) in [5, 5.41) is 9.47. The summed E-state index contributed by atoms with van der Waals surface area (Å²) in [6.45, 7) is 1.56. The second-order valence-corrected chi connectivity index (χ2v) is 3.60. The lowest BCUT2D eigenvalue weighted by molar-refractivity contribution is -0.258. The summed E-state index contributed by atoms with van der Waals surface area (Å²) in [6, 6.07) is 3.81. The van der Waals surface area contributed by atoms with Crippen molar-refractivity contribution in [2.75, 3.05) is 0 Å². The Balaban J connectivity index is 2.67. The van der Waals surface area contributed by atoms with E-state index in [-0.39, 0.29) is 5.75 Å². The van der Waals surface area contributed by atoms with Crippen LogP contribution in [0.1, 0.15) is 11.1 Å². The molecule has 0 unspecified atom stereocenters. The standard InChI is InChI=1S/C10H7F3O3/c1-5-2-3-7-6(4-5)9(15,8(14)16-7)10(11,12)13/h2-4,15H,1H3/t9-/m1/s1. The van der Waals surface area contributed by atoms with Crippen molar-refractivity contribution in [3.05, 3.63) is 29.3 Å². The van der Waals surface area contributed by atoms with Crippen LogP contribution in [0.15, 0.2) is 18.2 Å². The maximum Gasteiger partial charge on any atom is 0.432 e. The summed E-state index contributed by atoms with van der Waals surface area (Å²) in [7, 11) is 0. The van der Waals surface area contributed by atoms with Crippen LogP contribution < -0.4 is 4.74 Å². The summed E-state index contributed by atoms with van der Waals surface area (Å²) < 4.78 is 42.4. The third kappa shape index (κ3) is 1.23. The van der Waals surface area contributed by atoms with E-state index in [2.05, 4.69) is 4.74 Å². The predicted octanol–water partition coefficient (Wildman–Crippen LogP) is 1.66. The summed E-state index contributed by atoms with van der Waals surface area (Å²) in [6.07, 6.45) is -5.09. The molecule has 6 heteroatoms. The van der Waals surface area contributed by atoms with Crippen LogP contribution in [0.5, 0.6) is 5.75 Å². The van der Waals surface area contributed by atoms with Gasteiger partial charge in [-0.15, -0.1) is 0 Å². The van der Waals surface area contributed by atoms with Gasteiger partial charge in [0.1, 0.15) is 5.75 Å². The first-order valence-electron chi connectivity index (χ1n) is 4.39. The Bertz CT molecular complexity index is 467. The van der Waals surface area contributed by atoms with E-state index in [9.17, 15) is 23.1 Å². The number of alkyl halides is 3. The van der Waals surface area contributed by atoms with Gasteiger partial charge in [0, 0.05) is 5.56 Å². The molecule has 2 rings (SSSR count). The molecule has 3 nitrogen and oxygen atoms in total. The van der Waals surface area contributed by atoms with E-state index in [1.54, 1.807) is 6.92 Å². The minimum atomic E-state index is -5.09. The summed E-state index contributed by atoms with van der Waals surface area (Å²) in [4.78, 5) is 11.1. The molecule has 1 atom stereocenters. The molecule has 1 heterocycles. The van der Waals surface area contributed by atoms with Gasteiger partial charge in [0.15, 0.2) is 0 Å². The summed E-state index contributed by atoms with van der Waals surface area (Å²) in [5.74, 6) is -1.96. The van der Waals surface area contributed by atoms with Crippen LogP contribution in [0.2, 0.25) is 0 Å². The van der Waals surface area contributed by atoms with Crippen molar-refractivity contribution < 1.29 is 27.8 Å². The van der Waals surface area contributed by atoms with Gasteiger partial charge in [-0.3, -0.25) is 0 Å². The average molecular weight is 232 g/mol. The van der Waals surface area contributed by atoms with Gasteiger partial charge in [-0.05, 0) is 19.1 Å². The largest absolute Gasteiger partial charge is 0.432 e. The van der Waals surface area contributed by atoms with Crippen LogP contribution in [0.25, 0.3) is 0 Å². The van der Waals surface area contributed by atoms with Gasteiger partial charge in [-0.2, -0.15) is 13.2 Å². The van der Waals surface area contributed by atoms with E-state index < -0.39 is 23.3 Å². The third-order valence-electron chi connectivity index (χ3n) is 2.43. The smallest absolute Gasteiger partial charge is 0.423 e. The Hall–Kier alpha value is -1.56. The maximum absolute atomic E-state index is 12.7. The van der Waals surface area contributed by atoms with E-state index in [0.717, 1.165) is 6.07 Å². The van der Waals surface area contributed by atoms with Crippen LogP contribution in [-0.2, 0) is 10.4 Å². The molecule has 0 spiro atoms. The van der Waals surface area contributed by atoms with E-state index in [4.69, 9.17) is 0 Å². The van der Waals surface area contributed by atoms with Gasteiger partial charge in [0.25, 0.3) is 5.60 Å². The minimum absolute atomic E-state index is 0.254. The van der Waals surface area contributed by atoms with Gasteiger partial charge in [0.05, 0.1) is 0 Å². The molecule has 0 saturated heterocycles. The molecule has 0 aromatic heterocycles. The number of aliphatic hydroxyl groups is 1. The van der Waals surface area contributed by atoms with Crippen molar-refractivity contribution >= 4 is 5.97 Å². The fourth-order valence-corrected chi connectivity index (χ4v) is 1.57. The van der Waals surface area contributed by atoms with Gasteiger partial charge >= 0.3 is 12.1 Å². The fraction of sp³-hybridized carbons (Fsp3) is 0.300. The molecule has 0 aliphatic carbocycles. The topological polar surface area (TPSA) is 46.5 Å². The minimum Gasteiger partial charge on any atom is -0.423 e. The first-order chi connectivity index (χ1) is 7.26. The number of carbonyl (C=O) groups is 1. The number of esters is 1. The van der Waals surface area contributed by atoms with E-state index in [1.165, 1.54) is 12.1 Å². The molecule has 1 aliphatic rings. The molecule has 0 fully saturated rings. The molecule has 0 saturated carbocycles. The number of benzene rings is 1. The first-order valence-corrected chi connectivity index (χ1v) is 4.39. The first kappa shape index (κ1) is 10.9. The summed E-state index contributed by atoms with van der Waals surface area (Å²) in [5.41, 5.74) is -3.60. The molecular weight excluding hydrogens is 225 g/mol. The number of aryl methyl sites for hydroxylation is 1. The molecule has 1 aromatic carbocycles. The molecule has 1 aliphatic heterocycles. The Labute approximate surface area is 88.5 Å². The molecular formula is C10H7F3O3. The highest BCUT2D eigenvalue weighted by molar-refractivity contribution is 5.89.